The lowest BCUT2D eigenvalue weighted by Crippen LogP contribution is -2.08. The zero-order chi connectivity index (χ0) is 14.2. The van der Waals surface area contributed by atoms with Gasteiger partial charge in [-0.25, -0.2) is 0 Å². The molecule has 1 atom stereocenters. The number of benzene rings is 1. The molecule has 2 aromatic rings. The van der Waals surface area contributed by atoms with Gasteiger partial charge in [-0.15, -0.1) is 0 Å². The van der Waals surface area contributed by atoms with Crippen molar-refractivity contribution in [3.63, 3.8) is 0 Å². The summed E-state index contributed by atoms with van der Waals surface area (Å²) in [6.07, 6.45) is 1.42. The number of non-ortho nitro benzene ring substituents is 1. The highest BCUT2D eigenvalue weighted by molar-refractivity contribution is 5.95. The zero-order valence-electron chi connectivity index (χ0n) is 10.5. The molecule has 1 aromatic heterocycles. The van der Waals surface area contributed by atoms with Gasteiger partial charge in [0.25, 0.3) is 5.69 Å². The van der Waals surface area contributed by atoms with Gasteiger partial charge >= 0.3 is 5.97 Å². The molecule has 19 heavy (non-hydrogen) atoms. The van der Waals surface area contributed by atoms with Crippen molar-refractivity contribution in [2.75, 3.05) is 0 Å². The number of rotatable bonds is 3. The zero-order valence-corrected chi connectivity index (χ0v) is 10.5. The Morgan fingerprint density at radius 3 is 2.68 bits per heavy atom. The molecule has 0 saturated heterocycles. The van der Waals surface area contributed by atoms with Gasteiger partial charge in [-0.2, -0.15) is 0 Å². The highest BCUT2D eigenvalue weighted by Gasteiger charge is 2.21. The molecular formula is C13H12N2O4. The van der Waals surface area contributed by atoms with Crippen molar-refractivity contribution < 1.29 is 14.8 Å². The van der Waals surface area contributed by atoms with E-state index in [2.05, 4.69) is 4.98 Å². The Balaban J connectivity index is 2.81. The first-order chi connectivity index (χ1) is 8.91. The Kier molecular flexibility index (Phi) is 3.16. The fraction of sp³-hybridized carbons (Fsp3) is 0.231. The third-order valence-electron chi connectivity index (χ3n) is 3.08. The van der Waals surface area contributed by atoms with Crippen molar-refractivity contribution in [3.8, 4) is 0 Å². The van der Waals surface area contributed by atoms with Gasteiger partial charge in [0.1, 0.15) is 0 Å². The van der Waals surface area contributed by atoms with Gasteiger partial charge in [0.05, 0.1) is 16.2 Å². The Hall–Kier alpha value is -2.50. The lowest BCUT2D eigenvalue weighted by molar-refractivity contribution is -0.383. The van der Waals surface area contributed by atoms with Crippen LogP contribution in [0.4, 0.5) is 5.69 Å². The summed E-state index contributed by atoms with van der Waals surface area (Å²) in [6, 6.07) is 4.50. The maximum atomic E-state index is 11.1. The van der Waals surface area contributed by atoms with Crippen LogP contribution in [-0.4, -0.2) is 21.0 Å². The number of hydrogen-bond donors (Lipinski definition) is 1. The number of hydrogen-bond acceptors (Lipinski definition) is 4. The number of pyridine rings is 1. The number of carboxylic acid groups (broad SMARTS) is 1. The van der Waals surface area contributed by atoms with Crippen molar-refractivity contribution in [2.24, 2.45) is 0 Å². The summed E-state index contributed by atoms with van der Waals surface area (Å²) in [5, 5.41) is 21.0. The van der Waals surface area contributed by atoms with Gasteiger partial charge in [-0.1, -0.05) is 6.07 Å². The van der Waals surface area contributed by atoms with Gasteiger partial charge in [0.2, 0.25) is 0 Å². The first-order valence-electron chi connectivity index (χ1n) is 5.68. The molecule has 1 aromatic carbocycles. The first-order valence-corrected chi connectivity index (χ1v) is 5.68. The molecule has 0 saturated carbocycles. The van der Waals surface area contributed by atoms with Crippen LogP contribution < -0.4 is 0 Å². The second kappa shape index (κ2) is 4.64. The molecule has 0 fully saturated rings. The van der Waals surface area contributed by atoms with Crippen molar-refractivity contribution in [1.29, 1.82) is 0 Å². The Morgan fingerprint density at radius 1 is 1.42 bits per heavy atom. The SMILES string of the molecule is Cc1cc2c(C(C)C(=O)O)ccc([N+](=O)[O-])c2cn1. The fourth-order valence-electron chi connectivity index (χ4n) is 2.02. The number of nitro benzene ring substituents is 1. The first kappa shape index (κ1) is 12.9. The minimum absolute atomic E-state index is 0.0659. The highest BCUT2D eigenvalue weighted by Crippen LogP contribution is 2.32. The summed E-state index contributed by atoms with van der Waals surface area (Å²) in [7, 11) is 0. The number of fused-ring (bicyclic) bond motifs is 1. The topological polar surface area (TPSA) is 93.3 Å². The van der Waals surface area contributed by atoms with Crippen LogP contribution in [-0.2, 0) is 4.79 Å². The van der Waals surface area contributed by atoms with E-state index in [1.165, 1.54) is 18.3 Å². The van der Waals surface area contributed by atoms with Crippen molar-refractivity contribution in [2.45, 2.75) is 19.8 Å². The second-order valence-corrected chi connectivity index (χ2v) is 4.36. The van der Waals surface area contributed by atoms with E-state index in [0.29, 0.717) is 22.0 Å². The standard InChI is InChI=1S/C13H12N2O4/c1-7-5-10-9(8(2)13(16)17)3-4-12(15(18)19)11(10)6-14-7/h3-6,8H,1-2H3,(H,16,17). The quantitative estimate of drug-likeness (QED) is 0.676. The molecule has 0 radical (unpaired) electrons. The van der Waals surface area contributed by atoms with Crippen LogP contribution in [0.2, 0.25) is 0 Å². The van der Waals surface area contributed by atoms with Crippen molar-refractivity contribution >= 4 is 22.4 Å². The minimum atomic E-state index is -0.968. The van der Waals surface area contributed by atoms with E-state index in [-0.39, 0.29) is 5.69 Å². The molecule has 98 valence electrons. The largest absolute Gasteiger partial charge is 0.481 e. The van der Waals surface area contributed by atoms with E-state index in [1.54, 1.807) is 19.9 Å². The van der Waals surface area contributed by atoms with E-state index < -0.39 is 16.8 Å². The molecule has 0 bridgehead atoms. The maximum Gasteiger partial charge on any atom is 0.310 e. The molecule has 6 heteroatoms. The van der Waals surface area contributed by atoms with Crippen LogP contribution in [0.25, 0.3) is 10.8 Å². The molecule has 0 aliphatic carbocycles. The summed E-state index contributed by atoms with van der Waals surface area (Å²) < 4.78 is 0. The van der Waals surface area contributed by atoms with E-state index in [9.17, 15) is 14.9 Å². The van der Waals surface area contributed by atoms with Gasteiger partial charge in [0.15, 0.2) is 0 Å². The number of carboxylic acids is 1. The number of aromatic nitrogens is 1. The molecule has 0 amide bonds. The van der Waals surface area contributed by atoms with E-state index in [0.717, 1.165) is 0 Å². The van der Waals surface area contributed by atoms with Crippen LogP contribution in [0, 0.1) is 17.0 Å². The molecule has 1 unspecified atom stereocenters. The summed E-state index contributed by atoms with van der Waals surface area (Å²) in [6.45, 7) is 3.31. The molecule has 0 aliphatic rings. The highest BCUT2D eigenvalue weighted by atomic mass is 16.6. The maximum absolute atomic E-state index is 11.1. The third-order valence-corrected chi connectivity index (χ3v) is 3.08. The molecule has 2 rings (SSSR count). The Bertz CT molecular complexity index is 682. The minimum Gasteiger partial charge on any atom is -0.481 e. The molecule has 0 spiro atoms. The van der Waals surface area contributed by atoms with Crippen LogP contribution in [0.3, 0.4) is 0 Å². The number of aliphatic carboxylic acids is 1. The molecule has 6 nitrogen and oxygen atoms in total. The van der Waals surface area contributed by atoms with Crippen LogP contribution in [0.5, 0.6) is 0 Å². The van der Waals surface area contributed by atoms with Crippen LogP contribution in [0.1, 0.15) is 24.1 Å². The average Bonchev–Trinajstić information content (AvgIpc) is 2.36. The predicted molar refractivity (Wildman–Crippen MR) is 69.2 cm³/mol. The number of aryl methyl sites for hydroxylation is 1. The van der Waals surface area contributed by atoms with Crippen LogP contribution >= 0.6 is 0 Å². The fourth-order valence-corrected chi connectivity index (χ4v) is 2.02. The van der Waals surface area contributed by atoms with E-state index >= 15 is 0 Å². The molecular weight excluding hydrogens is 248 g/mol. The monoisotopic (exact) mass is 260 g/mol. The predicted octanol–water partition coefficient (Wildman–Crippen LogP) is 2.64. The van der Waals surface area contributed by atoms with E-state index in [4.69, 9.17) is 5.11 Å². The average molecular weight is 260 g/mol. The molecule has 1 N–H and O–H groups in total. The number of nitrogens with zero attached hydrogens (tertiary/aromatic N) is 2. The molecule has 1 heterocycles. The van der Waals surface area contributed by atoms with Crippen LogP contribution in [0.15, 0.2) is 24.4 Å². The van der Waals surface area contributed by atoms with Gasteiger partial charge in [0, 0.05) is 18.0 Å². The van der Waals surface area contributed by atoms with Crippen molar-refractivity contribution in [1.82, 2.24) is 4.98 Å². The second-order valence-electron chi connectivity index (χ2n) is 4.36. The molecule has 0 aliphatic heterocycles. The summed E-state index contributed by atoms with van der Waals surface area (Å²) in [5.74, 6) is -1.70. The summed E-state index contributed by atoms with van der Waals surface area (Å²) >= 11 is 0. The normalized spacial score (nSPS) is 12.3. The smallest absolute Gasteiger partial charge is 0.310 e. The number of nitro groups is 1. The lowest BCUT2D eigenvalue weighted by atomic mass is 9.94. The third kappa shape index (κ3) is 2.24. The van der Waals surface area contributed by atoms with Gasteiger partial charge in [-0.05, 0) is 30.9 Å². The van der Waals surface area contributed by atoms with Crippen molar-refractivity contribution in [3.05, 3.63) is 45.8 Å². The summed E-state index contributed by atoms with van der Waals surface area (Å²) in [5.41, 5.74) is 1.18. The Morgan fingerprint density at radius 2 is 2.11 bits per heavy atom. The Labute approximate surface area is 108 Å². The van der Waals surface area contributed by atoms with Gasteiger partial charge in [-0.3, -0.25) is 19.9 Å². The number of carbonyl (C=O) groups is 1. The van der Waals surface area contributed by atoms with Gasteiger partial charge < -0.3 is 5.11 Å². The lowest BCUT2D eigenvalue weighted by Gasteiger charge is -2.11. The summed E-state index contributed by atoms with van der Waals surface area (Å²) in [4.78, 5) is 25.6. The van der Waals surface area contributed by atoms with E-state index in [1.807, 2.05) is 0 Å².